The molecule has 0 aliphatic carbocycles. The van der Waals surface area contributed by atoms with E-state index in [2.05, 4.69) is 22.0 Å². The molecule has 1 amide bonds. The summed E-state index contributed by atoms with van der Waals surface area (Å²) in [5.41, 5.74) is 8.38. The van der Waals surface area contributed by atoms with Crippen molar-refractivity contribution < 1.29 is 4.79 Å². The molecule has 0 aromatic heterocycles. The Balaban J connectivity index is 2.37. The number of halogens is 1. The van der Waals surface area contributed by atoms with Crippen LogP contribution in [0.2, 0.25) is 0 Å². The minimum atomic E-state index is -0.0944. The van der Waals surface area contributed by atoms with Gasteiger partial charge in [0.15, 0.2) is 0 Å². The molecular weight excluding hydrogens is 280 g/mol. The van der Waals surface area contributed by atoms with Gasteiger partial charge in [-0.25, -0.2) is 0 Å². The van der Waals surface area contributed by atoms with Gasteiger partial charge in [0.05, 0.1) is 6.04 Å². The predicted octanol–water partition coefficient (Wildman–Crippen LogP) is 2.38. The number of aryl methyl sites for hydroxylation is 1. The van der Waals surface area contributed by atoms with E-state index < -0.39 is 0 Å². The Labute approximate surface area is 110 Å². The van der Waals surface area contributed by atoms with Gasteiger partial charge < -0.3 is 10.6 Å². The summed E-state index contributed by atoms with van der Waals surface area (Å²) in [5, 5.41) is 0. The second-order valence-corrected chi connectivity index (χ2v) is 5.36. The summed E-state index contributed by atoms with van der Waals surface area (Å²) < 4.78 is 1.09. The van der Waals surface area contributed by atoms with Gasteiger partial charge in [-0.3, -0.25) is 4.79 Å². The van der Waals surface area contributed by atoms with Crippen LogP contribution in [0.1, 0.15) is 30.5 Å². The minimum absolute atomic E-state index is 0.0271. The number of rotatable bonds is 2. The molecule has 0 saturated carbocycles. The van der Waals surface area contributed by atoms with E-state index in [0.717, 1.165) is 10.0 Å². The molecule has 1 aliphatic heterocycles. The highest BCUT2D eigenvalue weighted by Crippen LogP contribution is 2.33. The molecule has 2 unspecified atom stereocenters. The van der Waals surface area contributed by atoms with Gasteiger partial charge in [-0.1, -0.05) is 28.1 Å². The van der Waals surface area contributed by atoms with Crippen LogP contribution in [0.4, 0.5) is 0 Å². The summed E-state index contributed by atoms with van der Waals surface area (Å²) in [6, 6.07) is 6.11. The Morgan fingerprint density at radius 1 is 1.53 bits per heavy atom. The van der Waals surface area contributed by atoms with E-state index in [-0.39, 0.29) is 18.0 Å². The highest BCUT2D eigenvalue weighted by molar-refractivity contribution is 9.10. The number of carbonyl (C=O) groups excluding carboxylic acids is 1. The van der Waals surface area contributed by atoms with Crippen LogP contribution in [0.3, 0.4) is 0 Å². The molecule has 0 spiro atoms. The number of benzene rings is 1. The number of likely N-dealkylation sites (tertiary alicyclic amines) is 1. The molecule has 2 rings (SSSR count). The third kappa shape index (κ3) is 2.24. The van der Waals surface area contributed by atoms with Crippen molar-refractivity contribution in [2.45, 2.75) is 32.4 Å². The van der Waals surface area contributed by atoms with Crippen LogP contribution in [0.15, 0.2) is 22.7 Å². The van der Waals surface area contributed by atoms with Crippen LogP contribution in [0.25, 0.3) is 0 Å². The maximum Gasteiger partial charge on any atom is 0.224 e. The fraction of sp³-hybridized carbons (Fsp3) is 0.462. The molecule has 2 N–H and O–H groups in total. The maximum absolute atomic E-state index is 11.8. The minimum Gasteiger partial charge on any atom is -0.334 e. The van der Waals surface area contributed by atoms with Crippen LogP contribution in [-0.4, -0.2) is 23.4 Å². The van der Waals surface area contributed by atoms with Gasteiger partial charge in [0.2, 0.25) is 5.91 Å². The molecule has 1 fully saturated rings. The molecule has 4 heteroatoms. The number of nitrogens with zero attached hydrogens (tertiary/aromatic N) is 1. The standard InChI is InChI=1S/C13H17BrN2O/c1-3-16-12(17)7-11(15)13(16)9-4-5-10(14)8(2)6-9/h4-6,11,13H,3,7,15H2,1-2H3. The topological polar surface area (TPSA) is 46.3 Å². The van der Waals surface area contributed by atoms with Crippen molar-refractivity contribution in [3.05, 3.63) is 33.8 Å². The van der Waals surface area contributed by atoms with E-state index in [9.17, 15) is 4.79 Å². The summed E-state index contributed by atoms with van der Waals surface area (Å²) in [5.74, 6) is 0.158. The van der Waals surface area contributed by atoms with Crippen LogP contribution in [0.5, 0.6) is 0 Å². The van der Waals surface area contributed by atoms with E-state index in [0.29, 0.717) is 13.0 Å². The normalized spacial score (nSPS) is 24.5. The molecular formula is C13H17BrN2O. The number of nitrogens with two attached hydrogens (primary N) is 1. The average molecular weight is 297 g/mol. The molecule has 0 bridgehead atoms. The molecule has 1 heterocycles. The van der Waals surface area contributed by atoms with Gasteiger partial charge >= 0.3 is 0 Å². The average Bonchev–Trinajstić information content (AvgIpc) is 2.57. The molecule has 1 aromatic rings. The lowest BCUT2D eigenvalue weighted by molar-refractivity contribution is -0.128. The zero-order valence-corrected chi connectivity index (χ0v) is 11.7. The molecule has 3 nitrogen and oxygen atoms in total. The van der Waals surface area contributed by atoms with Crippen molar-refractivity contribution >= 4 is 21.8 Å². The lowest BCUT2D eigenvalue weighted by Gasteiger charge is -2.26. The van der Waals surface area contributed by atoms with E-state index in [1.54, 1.807) is 0 Å². The monoisotopic (exact) mass is 296 g/mol. The van der Waals surface area contributed by atoms with Gasteiger partial charge in [-0.2, -0.15) is 0 Å². The van der Waals surface area contributed by atoms with Crippen molar-refractivity contribution in [3.8, 4) is 0 Å². The van der Waals surface area contributed by atoms with E-state index >= 15 is 0 Å². The first kappa shape index (κ1) is 12.6. The van der Waals surface area contributed by atoms with Gasteiger partial charge in [0.1, 0.15) is 0 Å². The Morgan fingerprint density at radius 2 is 2.24 bits per heavy atom. The highest BCUT2D eigenvalue weighted by Gasteiger charge is 2.37. The second-order valence-electron chi connectivity index (χ2n) is 4.50. The number of hydrogen-bond donors (Lipinski definition) is 1. The van der Waals surface area contributed by atoms with Crippen LogP contribution in [-0.2, 0) is 4.79 Å². The summed E-state index contributed by atoms with van der Waals surface area (Å²) in [4.78, 5) is 13.7. The Morgan fingerprint density at radius 3 is 2.82 bits per heavy atom. The Hall–Kier alpha value is -0.870. The summed E-state index contributed by atoms with van der Waals surface area (Å²) in [6.07, 6.45) is 0.452. The van der Waals surface area contributed by atoms with Crippen molar-refractivity contribution in [1.82, 2.24) is 4.90 Å². The quantitative estimate of drug-likeness (QED) is 0.911. The SMILES string of the molecule is CCN1C(=O)CC(N)C1c1ccc(Br)c(C)c1. The third-order valence-electron chi connectivity index (χ3n) is 3.34. The van der Waals surface area contributed by atoms with Crippen LogP contribution < -0.4 is 5.73 Å². The number of likely N-dealkylation sites (N-methyl/N-ethyl adjacent to an activating group) is 1. The zero-order chi connectivity index (χ0) is 12.6. The number of hydrogen-bond acceptors (Lipinski definition) is 2. The molecule has 0 radical (unpaired) electrons. The number of carbonyl (C=O) groups is 1. The zero-order valence-electron chi connectivity index (χ0n) is 10.1. The van der Waals surface area contributed by atoms with E-state index in [4.69, 9.17) is 5.73 Å². The smallest absolute Gasteiger partial charge is 0.224 e. The molecule has 92 valence electrons. The van der Waals surface area contributed by atoms with Gasteiger partial charge in [-0.05, 0) is 31.0 Å². The highest BCUT2D eigenvalue weighted by atomic mass is 79.9. The molecule has 1 aliphatic rings. The van der Waals surface area contributed by atoms with E-state index in [1.807, 2.05) is 30.9 Å². The second kappa shape index (κ2) is 4.78. The van der Waals surface area contributed by atoms with Crippen molar-refractivity contribution in [3.63, 3.8) is 0 Å². The van der Waals surface area contributed by atoms with Gasteiger partial charge in [-0.15, -0.1) is 0 Å². The van der Waals surface area contributed by atoms with Gasteiger partial charge in [0, 0.05) is 23.5 Å². The fourth-order valence-corrected chi connectivity index (χ4v) is 2.72. The molecule has 1 saturated heterocycles. The Kier molecular flexibility index (Phi) is 3.54. The molecule has 17 heavy (non-hydrogen) atoms. The fourth-order valence-electron chi connectivity index (χ4n) is 2.47. The summed E-state index contributed by atoms with van der Waals surface area (Å²) in [6.45, 7) is 4.76. The lowest BCUT2D eigenvalue weighted by atomic mass is 9.99. The van der Waals surface area contributed by atoms with Crippen LogP contribution >= 0.6 is 15.9 Å². The van der Waals surface area contributed by atoms with Crippen molar-refractivity contribution in [1.29, 1.82) is 0 Å². The van der Waals surface area contributed by atoms with Crippen molar-refractivity contribution in [2.24, 2.45) is 5.73 Å². The predicted molar refractivity (Wildman–Crippen MR) is 71.6 cm³/mol. The summed E-state index contributed by atoms with van der Waals surface area (Å²) >= 11 is 3.49. The van der Waals surface area contributed by atoms with Crippen LogP contribution in [0, 0.1) is 6.92 Å². The molecule has 1 aromatic carbocycles. The summed E-state index contributed by atoms with van der Waals surface area (Å²) in [7, 11) is 0. The first-order valence-electron chi connectivity index (χ1n) is 5.85. The number of amides is 1. The van der Waals surface area contributed by atoms with Crippen molar-refractivity contribution in [2.75, 3.05) is 6.54 Å². The van der Waals surface area contributed by atoms with E-state index in [1.165, 1.54) is 5.56 Å². The lowest BCUT2D eigenvalue weighted by Crippen LogP contribution is -2.32. The third-order valence-corrected chi connectivity index (χ3v) is 4.23. The first-order chi connectivity index (χ1) is 8.04. The largest absolute Gasteiger partial charge is 0.334 e. The first-order valence-corrected chi connectivity index (χ1v) is 6.65. The maximum atomic E-state index is 11.8. The Bertz CT molecular complexity index is 447. The molecule has 2 atom stereocenters. The van der Waals surface area contributed by atoms with Gasteiger partial charge in [0.25, 0.3) is 0 Å².